The average molecular weight is 412 g/mol. The van der Waals surface area contributed by atoms with Crippen LogP contribution in [0, 0.1) is 0 Å². The number of ether oxygens (including phenoxy) is 2. The molecular weight excluding hydrogens is 384 g/mol. The number of aryl methyl sites for hydroxylation is 1. The topological polar surface area (TPSA) is 50.9 Å². The van der Waals surface area contributed by atoms with Crippen LogP contribution in [0.4, 0.5) is 0 Å². The molecular formula is C27H27N2O2+. The first-order chi connectivity index (χ1) is 15.3. The van der Waals surface area contributed by atoms with Gasteiger partial charge in [-0.2, -0.15) is 0 Å². The van der Waals surface area contributed by atoms with E-state index >= 15 is 0 Å². The predicted molar refractivity (Wildman–Crippen MR) is 122 cm³/mol. The molecule has 4 heteroatoms. The van der Waals surface area contributed by atoms with Gasteiger partial charge in [0.1, 0.15) is 0 Å². The van der Waals surface area contributed by atoms with Crippen LogP contribution >= 0.6 is 0 Å². The summed E-state index contributed by atoms with van der Waals surface area (Å²) in [6.07, 6.45) is 2.24. The van der Waals surface area contributed by atoms with Crippen LogP contribution in [0.15, 0.2) is 66.7 Å². The van der Waals surface area contributed by atoms with Crippen molar-refractivity contribution in [1.82, 2.24) is 4.98 Å². The number of hydrogen-bond acceptors (Lipinski definition) is 2. The summed E-state index contributed by atoms with van der Waals surface area (Å²) in [6.45, 7) is 0.965. The lowest BCUT2D eigenvalue weighted by molar-refractivity contribution is -0.731. The zero-order valence-electron chi connectivity index (χ0n) is 17.9. The minimum atomic E-state index is -0.0481. The van der Waals surface area contributed by atoms with Gasteiger partial charge in [0.05, 0.1) is 32.4 Å². The molecule has 2 aliphatic rings. The highest BCUT2D eigenvalue weighted by atomic mass is 16.5. The number of benzene rings is 3. The monoisotopic (exact) mass is 411 g/mol. The molecule has 2 heterocycles. The molecule has 4 nitrogen and oxygen atoms in total. The highest BCUT2D eigenvalue weighted by Crippen LogP contribution is 2.49. The number of hydrogen-bond donors (Lipinski definition) is 2. The molecule has 2 atom stereocenters. The van der Waals surface area contributed by atoms with Crippen molar-refractivity contribution in [2.45, 2.75) is 24.3 Å². The van der Waals surface area contributed by atoms with Gasteiger partial charge in [-0.1, -0.05) is 54.6 Å². The van der Waals surface area contributed by atoms with E-state index in [0.29, 0.717) is 0 Å². The molecule has 1 aromatic heterocycles. The maximum absolute atomic E-state index is 5.85. The van der Waals surface area contributed by atoms with E-state index in [4.69, 9.17) is 9.47 Å². The Morgan fingerprint density at radius 3 is 2.65 bits per heavy atom. The van der Waals surface area contributed by atoms with Crippen LogP contribution in [-0.2, 0) is 12.0 Å². The third kappa shape index (κ3) is 2.52. The van der Waals surface area contributed by atoms with E-state index in [2.05, 4.69) is 71.0 Å². The van der Waals surface area contributed by atoms with E-state index in [1.54, 1.807) is 14.2 Å². The molecule has 0 fully saturated rings. The number of para-hydroxylation sites is 2. The zero-order valence-corrected chi connectivity index (χ0v) is 17.9. The molecule has 0 bridgehead atoms. The first kappa shape index (κ1) is 18.5. The highest BCUT2D eigenvalue weighted by molar-refractivity contribution is 5.87. The lowest BCUT2D eigenvalue weighted by Gasteiger charge is -2.36. The van der Waals surface area contributed by atoms with Crippen molar-refractivity contribution < 1.29 is 14.8 Å². The Hall–Kier alpha value is -3.24. The number of rotatable bonds is 3. The minimum absolute atomic E-state index is 0.0481. The van der Waals surface area contributed by atoms with Crippen LogP contribution < -0.4 is 14.8 Å². The molecule has 4 aromatic rings. The van der Waals surface area contributed by atoms with Crippen LogP contribution in [0.5, 0.6) is 11.5 Å². The van der Waals surface area contributed by atoms with Crippen molar-refractivity contribution in [2.24, 2.45) is 0 Å². The van der Waals surface area contributed by atoms with Gasteiger partial charge >= 0.3 is 0 Å². The van der Waals surface area contributed by atoms with Gasteiger partial charge in [-0.15, -0.1) is 0 Å². The van der Waals surface area contributed by atoms with E-state index in [1.165, 1.54) is 38.9 Å². The van der Waals surface area contributed by atoms with Crippen LogP contribution in [0.25, 0.3) is 10.9 Å². The van der Waals surface area contributed by atoms with E-state index in [9.17, 15) is 0 Å². The van der Waals surface area contributed by atoms with Crippen molar-refractivity contribution in [3.63, 3.8) is 0 Å². The van der Waals surface area contributed by atoms with Crippen molar-refractivity contribution >= 4 is 10.9 Å². The van der Waals surface area contributed by atoms with Crippen molar-refractivity contribution in [2.75, 3.05) is 20.8 Å². The van der Waals surface area contributed by atoms with Gasteiger partial charge < -0.3 is 19.8 Å². The second kappa shape index (κ2) is 6.89. The van der Waals surface area contributed by atoms with Crippen LogP contribution in [0.3, 0.4) is 0 Å². The molecule has 0 saturated heterocycles. The van der Waals surface area contributed by atoms with Gasteiger partial charge in [0, 0.05) is 34.0 Å². The maximum Gasteiger partial charge on any atom is 0.164 e. The van der Waals surface area contributed by atoms with Gasteiger partial charge in [0.2, 0.25) is 0 Å². The summed E-state index contributed by atoms with van der Waals surface area (Å²) in [7, 11) is 3.44. The summed E-state index contributed by atoms with van der Waals surface area (Å²) in [6, 6.07) is 23.9. The van der Waals surface area contributed by atoms with E-state index < -0.39 is 0 Å². The van der Waals surface area contributed by atoms with Crippen LogP contribution in [-0.4, -0.2) is 25.7 Å². The molecule has 0 radical (unpaired) electrons. The van der Waals surface area contributed by atoms with Gasteiger partial charge in [-0.25, -0.2) is 0 Å². The predicted octanol–water partition coefficient (Wildman–Crippen LogP) is 4.08. The Bertz CT molecular complexity index is 1290. The number of nitrogens with two attached hydrogens (primary N) is 1. The van der Waals surface area contributed by atoms with Crippen molar-refractivity contribution in [3.8, 4) is 11.5 Å². The zero-order chi connectivity index (χ0) is 21.0. The Morgan fingerprint density at radius 1 is 0.935 bits per heavy atom. The third-order valence-electron chi connectivity index (χ3n) is 7.34. The average Bonchev–Trinajstić information content (AvgIpc) is 3.39. The minimum Gasteiger partial charge on any atom is -0.493 e. The number of aromatic nitrogens is 1. The molecule has 3 aromatic carbocycles. The van der Waals surface area contributed by atoms with Gasteiger partial charge in [0.25, 0.3) is 0 Å². The molecule has 1 aliphatic carbocycles. The summed E-state index contributed by atoms with van der Waals surface area (Å²) in [5.41, 5.74) is 8.03. The summed E-state index contributed by atoms with van der Waals surface area (Å²) in [5.74, 6) is 1.84. The summed E-state index contributed by atoms with van der Waals surface area (Å²) in [4.78, 5) is 3.85. The number of quaternary nitrogens is 1. The summed E-state index contributed by atoms with van der Waals surface area (Å²) in [5, 5.41) is 3.87. The largest absolute Gasteiger partial charge is 0.493 e. The number of aromatic amines is 1. The third-order valence-corrected chi connectivity index (χ3v) is 7.34. The lowest BCUT2D eigenvalue weighted by atomic mass is 9.76. The number of methoxy groups -OCH3 is 2. The second-order valence-corrected chi connectivity index (χ2v) is 8.66. The van der Waals surface area contributed by atoms with E-state index in [1.807, 2.05) is 6.07 Å². The first-order valence-corrected chi connectivity index (χ1v) is 11.0. The number of nitrogens with one attached hydrogen (secondary N) is 1. The number of H-pyrrole nitrogens is 1. The van der Waals surface area contributed by atoms with E-state index in [0.717, 1.165) is 30.9 Å². The van der Waals surface area contributed by atoms with Crippen molar-refractivity contribution in [3.05, 3.63) is 94.7 Å². The van der Waals surface area contributed by atoms with Crippen LogP contribution in [0.2, 0.25) is 0 Å². The highest BCUT2D eigenvalue weighted by Gasteiger charge is 2.51. The van der Waals surface area contributed by atoms with Crippen molar-refractivity contribution in [1.29, 1.82) is 0 Å². The Labute approximate surface area is 182 Å². The standard InChI is InChI=1S/C27H26N2O2/c1-30-23-13-7-10-18(25(23)31-2)20-16-28-27(15-14-17-8-3-5-11-21(17)27)26-24(20)19-9-4-6-12-22(19)29-26/h3-13,20,28-29H,14-16H2,1-2H3/p+1/t20-,27+/m1/s1. The summed E-state index contributed by atoms with van der Waals surface area (Å²) < 4.78 is 11.5. The fourth-order valence-electron chi connectivity index (χ4n) is 6.00. The molecule has 1 spiro atoms. The fourth-order valence-corrected chi connectivity index (χ4v) is 6.00. The molecule has 31 heavy (non-hydrogen) atoms. The van der Waals surface area contributed by atoms with Gasteiger partial charge in [-0.3, -0.25) is 0 Å². The lowest BCUT2D eigenvalue weighted by Crippen LogP contribution is -2.97. The second-order valence-electron chi connectivity index (χ2n) is 8.66. The first-order valence-electron chi connectivity index (χ1n) is 11.0. The maximum atomic E-state index is 5.85. The molecule has 1 aliphatic heterocycles. The SMILES string of the molecule is COc1cccc([C@H]2C[NH2+][C@]3(CCc4ccccc43)c3[nH]c4ccccc4c32)c1OC. The van der Waals surface area contributed by atoms with E-state index in [-0.39, 0.29) is 11.5 Å². The van der Waals surface area contributed by atoms with Crippen LogP contribution in [0.1, 0.15) is 40.3 Å². The fraction of sp³-hybridized carbons (Fsp3) is 0.259. The van der Waals surface area contributed by atoms with Gasteiger partial charge in [-0.05, 0) is 24.1 Å². The Kier molecular flexibility index (Phi) is 4.12. The molecule has 6 rings (SSSR count). The number of fused-ring (bicyclic) bond motifs is 6. The summed E-state index contributed by atoms with van der Waals surface area (Å²) >= 11 is 0. The molecule has 156 valence electrons. The molecule has 0 saturated carbocycles. The Morgan fingerprint density at radius 2 is 1.77 bits per heavy atom. The molecule has 3 N–H and O–H groups in total. The molecule has 0 unspecified atom stereocenters. The normalized spacial score (nSPS) is 21.8. The quantitative estimate of drug-likeness (QED) is 0.534. The Balaban J connectivity index is 1.62. The smallest absolute Gasteiger partial charge is 0.164 e. The van der Waals surface area contributed by atoms with Gasteiger partial charge in [0.15, 0.2) is 17.0 Å². The molecule has 0 amide bonds.